The van der Waals surface area contributed by atoms with Gasteiger partial charge in [-0.1, -0.05) is 78.9 Å². The Morgan fingerprint density at radius 3 is 2.17 bits per heavy atom. The third-order valence-electron chi connectivity index (χ3n) is 5.60. The van der Waals surface area contributed by atoms with E-state index in [4.69, 9.17) is 0 Å². The zero-order valence-electron chi connectivity index (χ0n) is 17.2. The highest BCUT2D eigenvalue weighted by atomic mass is 16.3. The average molecular weight is 401 g/mol. The van der Waals surface area contributed by atoms with Crippen molar-refractivity contribution in [3.05, 3.63) is 102 Å². The van der Waals surface area contributed by atoms with E-state index in [1.54, 1.807) is 0 Å². The molecule has 1 atom stereocenters. The first-order valence-electron chi connectivity index (χ1n) is 10.6. The highest BCUT2D eigenvalue weighted by Crippen LogP contribution is 2.26. The van der Waals surface area contributed by atoms with Crippen LogP contribution in [0.1, 0.15) is 23.1 Å². The van der Waals surface area contributed by atoms with Crippen LogP contribution in [0.4, 0.5) is 5.69 Å². The Morgan fingerprint density at radius 2 is 1.43 bits per heavy atom. The highest BCUT2D eigenvalue weighted by Gasteiger charge is 2.24. The second kappa shape index (κ2) is 9.59. The minimum absolute atomic E-state index is 0.149. The summed E-state index contributed by atoms with van der Waals surface area (Å²) in [5.41, 5.74) is 4.48. The van der Waals surface area contributed by atoms with Gasteiger partial charge in [0.05, 0.1) is 6.10 Å². The molecule has 3 aromatic rings. The quantitative estimate of drug-likeness (QED) is 0.679. The molecule has 0 fully saturated rings. The summed E-state index contributed by atoms with van der Waals surface area (Å²) in [6.07, 6.45) is 0.558. The van der Waals surface area contributed by atoms with Gasteiger partial charge in [0, 0.05) is 44.7 Å². The fourth-order valence-electron chi connectivity index (χ4n) is 4.10. The maximum absolute atomic E-state index is 12.9. The topological polar surface area (TPSA) is 43.8 Å². The van der Waals surface area contributed by atoms with Crippen LogP contribution in [-0.2, 0) is 24.3 Å². The van der Waals surface area contributed by atoms with Crippen molar-refractivity contribution >= 4 is 11.6 Å². The number of nitrogens with zero attached hydrogens (tertiary/aromatic N) is 2. The second-order valence-electron chi connectivity index (χ2n) is 7.90. The van der Waals surface area contributed by atoms with Crippen LogP contribution in [0.3, 0.4) is 0 Å². The molecule has 1 aliphatic heterocycles. The van der Waals surface area contributed by atoms with Crippen LogP contribution >= 0.6 is 0 Å². The Hall–Kier alpha value is -3.11. The number of hydrogen-bond acceptors (Lipinski definition) is 3. The Morgan fingerprint density at radius 1 is 0.800 bits per heavy atom. The van der Waals surface area contributed by atoms with E-state index in [0.717, 1.165) is 22.4 Å². The predicted molar refractivity (Wildman–Crippen MR) is 120 cm³/mol. The van der Waals surface area contributed by atoms with Gasteiger partial charge in [0.15, 0.2) is 0 Å². The second-order valence-corrected chi connectivity index (χ2v) is 7.90. The Balaban J connectivity index is 1.51. The number of rotatable bonds is 6. The lowest BCUT2D eigenvalue weighted by atomic mass is 10.0. The Bertz CT molecular complexity index is 959. The minimum atomic E-state index is -0.490. The van der Waals surface area contributed by atoms with E-state index in [1.807, 2.05) is 65.6 Å². The highest BCUT2D eigenvalue weighted by molar-refractivity contribution is 5.78. The van der Waals surface area contributed by atoms with Crippen LogP contribution in [0.2, 0.25) is 0 Å². The molecule has 0 radical (unpaired) electrons. The molecule has 1 amide bonds. The van der Waals surface area contributed by atoms with Crippen molar-refractivity contribution in [2.24, 2.45) is 0 Å². The van der Waals surface area contributed by atoms with Crippen molar-refractivity contribution in [3.63, 3.8) is 0 Å². The number of aliphatic hydroxyl groups is 1. The van der Waals surface area contributed by atoms with Gasteiger partial charge >= 0.3 is 0 Å². The van der Waals surface area contributed by atoms with Gasteiger partial charge in [-0.25, -0.2) is 0 Å². The van der Waals surface area contributed by atoms with E-state index in [1.165, 1.54) is 0 Å². The van der Waals surface area contributed by atoms with Crippen molar-refractivity contribution in [2.75, 3.05) is 18.0 Å². The van der Waals surface area contributed by atoms with Gasteiger partial charge in [-0.05, 0) is 22.8 Å². The number of para-hydroxylation sites is 1. The molecule has 4 heteroatoms. The van der Waals surface area contributed by atoms with Gasteiger partial charge in [0.25, 0.3) is 0 Å². The number of carbonyl (C=O) groups excluding carboxylic acids is 1. The van der Waals surface area contributed by atoms with Gasteiger partial charge in [0.1, 0.15) is 0 Å². The van der Waals surface area contributed by atoms with Gasteiger partial charge in [0.2, 0.25) is 5.91 Å². The first kappa shape index (κ1) is 20.2. The summed E-state index contributed by atoms with van der Waals surface area (Å²) >= 11 is 0. The summed E-state index contributed by atoms with van der Waals surface area (Å²) in [6.45, 7) is 2.31. The molecule has 0 aliphatic carbocycles. The molecule has 3 aromatic carbocycles. The SMILES string of the molecule is O=C1CCN(CC(O)Cc2ccccc2)c2ccccc2CN1Cc1ccccc1. The molecule has 4 nitrogen and oxygen atoms in total. The zero-order valence-corrected chi connectivity index (χ0v) is 17.2. The molecule has 0 bridgehead atoms. The molecule has 4 rings (SSSR count). The molecular formula is C26H28N2O2. The number of benzene rings is 3. The lowest BCUT2D eigenvalue weighted by Crippen LogP contribution is -2.41. The molecule has 0 aromatic heterocycles. The molecule has 154 valence electrons. The number of aliphatic hydroxyl groups excluding tert-OH is 1. The number of carbonyl (C=O) groups is 1. The monoisotopic (exact) mass is 400 g/mol. The van der Waals surface area contributed by atoms with Gasteiger partial charge in [-0.3, -0.25) is 4.79 Å². The first-order chi connectivity index (χ1) is 14.7. The molecule has 30 heavy (non-hydrogen) atoms. The van der Waals surface area contributed by atoms with E-state index in [-0.39, 0.29) is 5.91 Å². The van der Waals surface area contributed by atoms with Crippen LogP contribution in [-0.4, -0.2) is 35.1 Å². The minimum Gasteiger partial charge on any atom is -0.391 e. The third kappa shape index (κ3) is 5.08. The van der Waals surface area contributed by atoms with Crippen molar-refractivity contribution < 1.29 is 9.90 Å². The largest absolute Gasteiger partial charge is 0.391 e. The number of β-amino-alcohol motifs (C(OH)–C–C–N with tert-alkyl or cyclic N) is 1. The lowest BCUT2D eigenvalue weighted by molar-refractivity contribution is -0.132. The van der Waals surface area contributed by atoms with Gasteiger partial charge in [-0.2, -0.15) is 0 Å². The van der Waals surface area contributed by atoms with E-state index in [2.05, 4.69) is 29.2 Å². The third-order valence-corrected chi connectivity index (χ3v) is 5.60. The molecule has 1 unspecified atom stereocenters. The predicted octanol–water partition coefficient (Wildman–Crippen LogP) is 4.03. The fraction of sp³-hybridized carbons (Fsp3) is 0.269. The zero-order chi connectivity index (χ0) is 20.8. The van der Waals surface area contributed by atoms with Crippen LogP contribution in [0, 0.1) is 0 Å². The molecule has 0 spiro atoms. The maximum atomic E-state index is 12.9. The van der Waals surface area contributed by atoms with Gasteiger partial charge in [-0.15, -0.1) is 0 Å². The van der Waals surface area contributed by atoms with Crippen LogP contribution in [0.5, 0.6) is 0 Å². The summed E-state index contributed by atoms with van der Waals surface area (Å²) in [6, 6.07) is 28.4. The summed E-state index contributed by atoms with van der Waals surface area (Å²) in [5, 5.41) is 10.7. The molecule has 1 heterocycles. The first-order valence-corrected chi connectivity index (χ1v) is 10.6. The van der Waals surface area contributed by atoms with Crippen LogP contribution in [0.25, 0.3) is 0 Å². The summed E-state index contributed by atoms with van der Waals surface area (Å²) in [7, 11) is 0. The maximum Gasteiger partial charge on any atom is 0.224 e. The molecule has 1 aliphatic rings. The molecular weight excluding hydrogens is 372 g/mol. The molecule has 0 saturated carbocycles. The van der Waals surface area contributed by atoms with Crippen molar-refractivity contribution in [3.8, 4) is 0 Å². The molecule has 1 N–H and O–H groups in total. The number of anilines is 1. The van der Waals surface area contributed by atoms with Crippen molar-refractivity contribution in [1.82, 2.24) is 4.90 Å². The standard InChI is InChI=1S/C26H28N2O2/c29-24(17-21-9-3-1-4-10-21)20-27-16-15-26(30)28(18-22-11-5-2-6-12-22)19-23-13-7-8-14-25(23)27/h1-14,24,29H,15-20H2. The van der Waals surface area contributed by atoms with E-state index >= 15 is 0 Å². The lowest BCUT2D eigenvalue weighted by Gasteiger charge is -2.34. The van der Waals surface area contributed by atoms with Crippen LogP contribution in [0.15, 0.2) is 84.9 Å². The number of amides is 1. The Kier molecular flexibility index (Phi) is 6.45. The van der Waals surface area contributed by atoms with Crippen molar-refractivity contribution in [1.29, 1.82) is 0 Å². The number of hydrogen-bond donors (Lipinski definition) is 1. The summed E-state index contributed by atoms with van der Waals surface area (Å²) < 4.78 is 0. The summed E-state index contributed by atoms with van der Waals surface area (Å²) in [4.78, 5) is 17.0. The normalized spacial score (nSPS) is 15.3. The van der Waals surface area contributed by atoms with Crippen molar-refractivity contribution in [2.45, 2.75) is 32.0 Å². The van der Waals surface area contributed by atoms with E-state index < -0.39 is 6.10 Å². The van der Waals surface area contributed by atoms with Gasteiger partial charge < -0.3 is 14.9 Å². The molecule has 0 saturated heterocycles. The van der Waals surface area contributed by atoms with E-state index in [0.29, 0.717) is 39.0 Å². The average Bonchev–Trinajstić information content (AvgIpc) is 2.77. The Labute approximate surface area is 178 Å². The smallest absolute Gasteiger partial charge is 0.224 e. The van der Waals surface area contributed by atoms with Crippen LogP contribution < -0.4 is 4.90 Å². The summed E-state index contributed by atoms with van der Waals surface area (Å²) in [5.74, 6) is 0.149. The fourth-order valence-corrected chi connectivity index (χ4v) is 4.10. The number of fused-ring (bicyclic) bond motifs is 1. The van der Waals surface area contributed by atoms with E-state index in [9.17, 15) is 9.90 Å².